The molecular formula is C28H34O3. The van der Waals surface area contributed by atoms with E-state index in [1.807, 2.05) is 42.5 Å². The number of allylic oxidation sites excluding steroid dienone is 2. The van der Waals surface area contributed by atoms with Crippen LogP contribution in [-0.2, 0) is 12.8 Å². The molecule has 0 saturated heterocycles. The topological polar surface area (TPSA) is 38.7 Å². The molecule has 0 unspecified atom stereocenters. The average Bonchev–Trinajstić information content (AvgIpc) is 2.72. The number of fused-ring (bicyclic) bond motifs is 4. The largest absolute Gasteiger partial charge is 0.502 e. The molecule has 31 heavy (non-hydrogen) atoms. The third kappa shape index (κ3) is 4.11. The second-order valence-corrected chi connectivity index (χ2v) is 9.67. The molecule has 0 amide bonds. The first-order valence-electron chi connectivity index (χ1n) is 11.4. The average molecular weight is 419 g/mol. The molecule has 0 radical (unpaired) electrons. The van der Waals surface area contributed by atoms with Gasteiger partial charge in [-0.15, -0.1) is 13.2 Å². The summed E-state index contributed by atoms with van der Waals surface area (Å²) in [6, 6.07) is 9.87. The second kappa shape index (κ2) is 8.45. The summed E-state index contributed by atoms with van der Waals surface area (Å²) in [5.74, 6) is 3.41. The molecule has 1 N–H and O–H groups in total. The quantitative estimate of drug-likeness (QED) is 0.478. The molecule has 1 fully saturated rings. The Morgan fingerprint density at radius 3 is 2.55 bits per heavy atom. The first-order chi connectivity index (χ1) is 14.8. The zero-order valence-electron chi connectivity index (χ0n) is 19.0. The van der Waals surface area contributed by atoms with Crippen molar-refractivity contribution in [2.24, 2.45) is 11.8 Å². The normalized spacial score (nSPS) is 24.3. The Hall–Kier alpha value is -2.68. The predicted molar refractivity (Wildman–Crippen MR) is 126 cm³/mol. The van der Waals surface area contributed by atoms with Gasteiger partial charge in [0.25, 0.3) is 0 Å². The van der Waals surface area contributed by atoms with Gasteiger partial charge in [-0.25, -0.2) is 0 Å². The Balaban J connectivity index is 1.77. The van der Waals surface area contributed by atoms with Gasteiger partial charge in [0.15, 0.2) is 11.5 Å². The summed E-state index contributed by atoms with van der Waals surface area (Å²) in [6.07, 6.45) is 8.50. The van der Waals surface area contributed by atoms with E-state index < -0.39 is 0 Å². The maximum Gasteiger partial charge on any atom is 0.201 e. The third-order valence-electron chi connectivity index (χ3n) is 6.99. The predicted octanol–water partition coefficient (Wildman–Crippen LogP) is 7.33. The molecule has 164 valence electrons. The number of aromatic hydroxyl groups is 1. The SMILES string of the molecule is C=CCc1ccc(Oc2cc(CC=C)c3c(c2O)O[C@@]2(C)CC[C@@H](C(C)C)[C@@H]3C2)cc1. The molecule has 2 bridgehead atoms. The van der Waals surface area contributed by atoms with Crippen LogP contribution in [0.3, 0.4) is 0 Å². The molecule has 1 aliphatic carbocycles. The Kier molecular flexibility index (Phi) is 5.88. The van der Waals surface area contributed by atoms with Crippen molar-refractivity contribution >= 4 is 0 Å². The van der Waals surface area contributed by atoms with Crippen LogP contribution in [0.5, 0.6) is 23.0 Å². The Bertz CT molecular complexity index is 973. The van der Waals surface area contributed by atoms with E-state index in [-0.39, 0.29) is 11.4 Å². The number of benzene rings is 2. The maximum absolute atomic E-state index is 11.2. The van der Waals surface area contributed by atoms with Crippen LogP contribution in [0.25, 0.3) is 0 Å². The van der Waals surface area contributed by atoms with Gasteiger partial charge in [-0.3, -0.25) is 0 Å². The Morgan fingerprint density at radius 2 is 1.90 bits per heavy atom. The molecule has 2 aliphatic rings. The summed E-state index contributed by atoms with van der Waals surface area (Å²) in [6.45, 7) is 14.5. The minimum Gasteiger partial charge on any atom is -0.502 e. The summed E-state index contributed by atoms with van der Waals surface area (Å²) in [5.41, 5.74) is 3.23. The van der Waals surface area contributed by atoms with E-state index in [2.05, 4.69) is 33.9 Å². The minimum atomic E-state index is -0.239. The fraction of sp³-hybridized carbons (Fsp3) is 0.429. The van der Waals surface area contributed by atoms with Crippen LogP contribution in [0.1, 0.15) is 62.6 Å². The number of ether oxygens (including phenoxy) is 2. The van der Waals surface area contributed by atoms with Crippen molar-refractivity contribution in [3.8, 4) is 23.0 Å². The lowest BCUT2D eigenvalue weighted by Crippen LogP contribution is -2.45. The molecule has 0 aromatic heterocycles. The zero-order valence-corrected chi connectivity index (χ0v) is 19.0. The van der Waals surface area contributed by atoms with Crippen LogP contribution in [0.2, 0.25) is 0 Å². The van der Waals surface area contributed by atoms with Crippen LogP contribution >= 0.6 is 0 Å². The number of rotatable bonds is 7. The van der Waals surface area contributed by atoms with Gasteiger partial charge in [0.05, 0.1) is 0 Å². The van der Waals surface area contributed by atoms with Crippen LogP contribution in [0.15, 0.2) is 55.6 Å². The Morgan fingerprint density at radius 1 is 1.19 bits per heavy atom. The zero-order chi connectivity index (χ0) is 22.2. The van der Waals surface area contributed by atoms with Crippen molar-refractivity contribution < 1.29 is 14.6 Å². The fourth-order valence-electron chi connectivity index (χ4n) is 5.43. The number of phenols is 1. The van der Waals surface area contributed by atoms with E-state index in [4.69, 9.17) is 9.47 Å². The Labute approximate surface area is 186 Å². The lowest BCUT2D eigenvalue weighted by Gasteiger charge is -2.49. The van der Waals surface area contributed by atoms with Crippen molar-refractivity contribution in [3.63, 3.8) is 0 Å². The van der Waals surface area contributed by atoms with Gasteiger partial charge < -0.3 is 14.6 Å². The lowest BCUT2D eigenvalue weighted by atomic mass is 9.63. The fourth-order valence-corrected chi connectivity index (χ4v) is 5.43. The molecule has 3 heteroatoms. The van der Waals surface area contributed by atoms with E-state index in [1.165, 1.54) is 5.56 Å². The van der Waals surface area contributed by atoms with Crippen LogP contribution in [0, 0.1) is 11.8 Å². The summed E-state index contributed by atoms with van der Waals surface area (Å²) < 4.78 is 12.6. The van der Waals surface area contributed by atoms with E-state index >= 15 is 0 Å². The molecule has 3 atom stereocenters. The molecule has 1 heterocycles. The van der Waals surface area contributed by atoms with Crippen molar-refractivity contribution in [2.75, 3.05) is 0 Å². The highest BCUT2D eigenvalue weighted by Gasteiger charge is 2.47. The van der Waals surface area contributed by atoms with Crippen molar-refractivity contribution in [3.05, 3.63) is 72.3 Å². The summed E-state index contributed by atoms with van der Waals surface area (Å²) >= 11 is 0. The molecule has 3 nitrogen and oxygen atoms in total. The second-order valence-electron chi connectivity index (χ2n) is 9.67. The highest BCUT2D eigenvalue weighted by molar-refractivity contribution is 5.62. The molecule has 0 spiro atoms. The minimum absolute atomic E-state index is 0.110. The standard InChI is InChI=1S/C28H34O3/c1-6-8-19-10-12-21(13-11-19)30-24-16-20(9-7-2)25-23-17-28(5,31-27(25)26(24)29)15-14-22(23)18(3)4/h6-7,10-13,16,18,22-23,29H,1-2,8-9,14-15,17H2,3-5H3/t22-,23-,28-/m0/s1. The van der Waals surface area contributed by atoms with Gasteiger partial charge in [-0.2, -0.15) is 0 Å². The monoisotopic (exact) mass is 418 g/mol. The van der Waals surface area contributed by atoms with Crippen LogP contribution in [0.4, 0.5) is 0 Å². The van der Waals surface area contributed by atoms with Gasteiger partial charge in [0, 0.05) is 5.56 Å². The molecular weight excluding hydrogens is 384 g/mol. The highest BCUT2D eigenvalue weighted by Crippen LogP contribution is 2.58. The molecule has 2 aromatic rings. The molecule has 1 saturated carbocycles. The first-order valence-corrected chi connectivity index (χ1v) is 11.4. The first kappa shape index (κ1) is 21.5. The number of phenolic OH excluding ortho intramolecular Hbond substituents is 1. The number of hydrogen-bond acceptors (Lipinski definition) is 3. The van der Waals surface area contributed by atoms with E-state index in [0.29, 0.717) is 35.0 Å². The summed E-state index contributed by atoms with van der Waals surface area (Å²) in [5, 5.41) is 11.2. The van der Waals surface area contributed by atoms with Gasteiger partial charge in [0.2, 0.25) is 5.75 Å². The van der Waals surface area contributed by atoms with Crippen molar-refractivity contribution in [1.29, 1.82) is 0 Å². The van der Waals surface area contributed by atoms with E-state index in [0.717, 1.165) is 43.2 Å². The van der Waals surface area contributed by atoms with E-state index in [9.17, 15) is 5.11 Å². The van der Waals surface area contributed by atoms with Gasteiger partial charge in [-0.1, -0.05) is 38.1 Å². The van der Waals surface area contributed by atoms with Crippen molar-refractivity contribution in [2.45, 2.75) is 64.4 Å². The van der Waals surface area contributed by atoms with Gasteiger partial charge >= 0.3 is 0 Å². The summed E-state index contributed by atoms with van der Waals surface area (Å²) in [7, 11) is 0. The van der Waals surface area contributed by atoms with Crippen LogP contribution in [-0.4, -0.2) is 10.7 Å². The third-order valence-corrected chi connectivity index (χ3v) is 6.99. The maximum atomic E-state index is 11.2. The van der Waals surface area contributed by atoms with E-state index in [1.54, 1.807) is 0 Å². The smallest absolute Gasteiger partial charge is 0.201 e. The number of hydrogen-bond donors (Lipinski definition) is 1. The van der Waals surface area contributed by atoms with Crippen LogP contribution < -0.4 is 9.47 Å². The summed E-state index contributed by atoms with van der Waals surface area (Å²) in [4.78, 5) is 0. The lowest BCUT2D eigenvalue weighted by molar-refractivity contribution is -0.0103. The van der Waals surface area contributed by atoms with Crippen molar-refractivity contribution in [1.82, 2.24) is 0 Å². The highest BCUT2D eigenvalue weighted by atomic mass is 16.5. The molecule has 1 aliphatic heterocycles. The van der Waals surface area contributed by atoms with Gasteiger partial charge in [-0.05, 0) is 86.1 Å². The molecule has 2 aromatic carbocycles. The molecule has 4 rings (SSSR count). The van der Waals surface area contributed by atoms with Gasteiger partial charge in [0.1, 0.15) is 11.4 Å².